The first kappa shape index (κ1) is 34.6. The quantitative estimate of drug-likeness (QED) is 0.288. The topological polar surface area (TPSA) is 3.24 Å². The van der Waals surface area contributed by atoms with Gasteiger partial charge in [-0.1, -0.05) is 123 Å². The average molecular weight is 750 g/mol. The molecule has 12 atom stereocenters. The predicted octanol–water partition coefficient (Wildman–Crippen LogP) is 13.3. The van der Waals surface area contributed by atoms with E-state index in [-0.39, 0.29) is 10.8 Å². The van der Waals surface area contributed by atoms with E-state index >= 15 is 0 Å². The number of hydrogen-bond acceptors (Lipinski definition) is 3. The molecule has 0 bridgehead atoms. The molecule has 0 amide bonds. The highest BCUT2D eigenvalue weighted by molar-refractivity contribution is 8.01. The molecule has 0 radical (unpaired) electrons. The molecule has 6 aliphatic carbocycles. The minimum atomic E-state index is 0.134. The third-order valence-corrected chi connectivity index (χ3v) is 20.3. The van der Waals surface area contributed by atoms with E-state index in [4.69, 9.17) is 0 Å². The number of nitrogens with zero attached hydrogens (tertiary/aromatic N) is 1. The first-order valence-electron chi connectivity index (χ1n) is 21.9. The van der Waals surface area contributed by atoms with Gasteiger partial charge in [0.25, 0.3) is 0 Å². The zero-order chi connectivity index (χ0) is 36.1. The van der Waals surface area contributed by atoms with Crippen LogP contribution in [-0.2, 0) is 5.41 Å². The summed E-state index contributed by atoms with van der Waals surface area (Å²) in [4.78, 5) is 4.56. The van der Waals surface area contributed by atoms with E-state index in [0.29, 0.717) is 56.9 Å². The van der Waals surface area contributed by atoms with Crippen LogP contribution in [0.4, 0.5) is 0 Å². The molecule has 2 saturated heterocycles. The second-order valence-corrected chi connectivity index (χ2v) is 21.8. The van der Waals surface area contributed by atoms with Gasteiger partial charge in [-0.05, 0) is 129 Å². The lowest BCUT2D eigenvalue weighted by molar-refractivity contribution is -0.0544. The normalized spacial score (nSPS) is 42.9. The number of benzene rings is 2. The van der Waals surface area contributed by atoms with E-state index in [2.05, 4.69) is 152 Å². The fourth-order valence-electron chi connectivity index (χ4n) is 14.6. The molecular formula is C51H59NS2. The summed E-state index contributed by atoms with van der Waals surface area (Å²) in [6.45, 7) is 5.60. The molecule has 1 nitrogen and oxygen atoms in total. The number of rotatable bonds is 3. The first-order chi connectivity index (χ1) is 26.5. The summed E-state index contributed by atoms with van der Waals surface area (Å²) in [6.07, 6.45) is 42.5. The zero-order valence-electron chi connectivity index (χ0n) is 32.5. The Morgan fingerprint density at radius 1 is 0.778 bits per heavy atom. The fourth-order valence-corrected chi connectivity index (χ4v) is 18.6. The van der Waals surface area contributed by atoms with Gasteiger partial charge in [0.15, 0.2) is 0 Å². The molecule has 1 spiro atoms. The van der Waals surface area contributed by atoms with Crippen LogP contribution in [0.5, 0.6) is 0 Å². The fraction of sp³-hybridized carbons (Fsp3) is 0.529. The molecule has 3 heterocycles. The molecule has 9 aliphatic rings. The van der Waals surface area contributed by atoms with Gasteiger partial charge in [0, 0.05) is 49.1 Å². The van der Waals surface area contributed by atoms with E-state index in [9.17, 15) is 0 Å². The molecular weight excluding hydrogens is 691 g/mol. The highest BCUT2D eigenvalue weighted by Gasteiger charge is 2.72. The summed E-state index contributed by atoms with van der Waals surface area (Å²) < 4.78 is 0.299. The van der Waals surface area contributed by atoms with E-state index in [0.717, 1.165) is 0 Å². The molecule has 2 aromatic carbocycles. The number of likely N-dealkylation sites (tertiary alicyclic amines) is 1. The van der Waals surface area contributed by atoms with Crippen molar-refractivity contribution in [3.63, 3.8) is 0 Å². The first-order valence-corrected chi connectivity index (χ1v) is 23.7. The molecule has 0 N–H and O–H groups in total. The van der Waals surface area contributed by atoms with Gasteiger partial charge in [-0.25, -0.2) is 0 Å². The van der Waals surface area contributed by atoms with Crippen LogP contribution in [0.15, 0.2) is 125 Å². The maximum atomic E-state index is 2.94. The van der Waals surface area contributed by atoms with Crippen LogP contribution >= 0.6 is 23.5 Å². The van der Waals surface area contributed by atoms with Crippen molar-refractivity contribution in [1.29, 1.82) is 0 Å². The van der Waals surface area contributed by atoms with Crippen LogP contribution in [0.2, 0.25) is 0 Å². The Labute approximate surface area is 334 Å². The minimum absolute atomic E-state index is 0.134. The molecule has 2 saturated carbocycles. The maximum Gasteiger partial charge on any atom is 0.0545 e. The summed E-state index contributed by atoms with van der Waals surface area (Å²) in [5.74, 6) is 3.14. The van der Waals surface area contributed by atoms with Gasteiger partial charge < -0.3 is 4.90 Å². The van der Waals surface area contributed by atoms with E-state index < -0.39 is 0 Å². The molecule has 2 aromatic rings. The Hall–Kier alpha value is -2.62. The van der Waals surface area contributed by atoms with Crippen LogP contribution in [0.3, 0.4) is 0 Å². The van der Waals surface area contributed by atoms with Crippen molar-refractivity contribution in [2.45, 2.75) is 135 Å². The van der Waals surface area contributed by atoms with E-state index in [1.807, 2.05) is 5.57 Å². The Morgan fingerprint density at radius 3 is 2.56 bits per heavy atom. The van der Waals surface area contributed by atoms with Crippen molar-refractivity contribution < 1.29 is 0 Å². The van der Waals surface area contributed by atoms with Gasteiger partial charge in [0.05, 0.1) is 6.04 Å². The Morgan fingerprint density at radius 2 is 1.67 bits per heavy atom. The Balaban J connectivity index is 1.09. The maximum absolute atomic E-state index is 2.94. The summed E-state index contributed by atoms with van der Waals surface area (Å²) in [5, 5.41) is 1.34. The monoisotopic (exact) mass is 749 g/mol. The van der Waals surface area contributed by atoms with Crippen molar-refractivity contribution in [2.75, 3.05) is 0 Å². The van der Waals surface area contributed by atoms with Gasteiger partial charge in [-0.15, -0.1) is 11.8 Å². The summed E-state index contributed by atoms with van der Waals surface area (Å²) in [5.41, 5.74) is 8.38. The van der Waals surface area contributed by atoms with E-state index in [1.54, 1.807) is 16.2 Å². The SMILES string of the molecule is CC12CCCCC1(C)C1(c3cc(-c4ccccc4)ccc3SC3C(C4=CCCC5C4C4C=CC=CC4N5C4=CC=CCC4)CCCC31)C1C=CCCC1S2. The standard InChI is InChI=1S/C51H59NS2/c1-49-31-13-14-32-50(49,2)54-46-28-12-10-24-40(46)51(49)41-25-15-23-38(48(41)53-45-30-29-35(33-42(45)51)34-17-5-3-6-18-34)37-22-16-27-44-47(37)39-21-9-11-26-43(39)52(44)36-19-7-4-8-20-36/h3-7,9-11,17-19,21-22,24,26,29-30,33,38-41,43-44,46-48H,8,12-16,20,23,25,27-28,31-32H2,1-2H3. The van der Waals surface area contributed by atoms with Gasteiger partial charge in [-0.2, -0.15) is 11.8 Å². The number of fused-ring (bicyclic) bond motifs is 11. The number of thioether (sulfide) groups is 2. The molecule has 280 valence electrons. The zero-order valence-corrected chi connectivity index (χ0v) is 34.2. The third kappa shape index (κ3) is 4.85. The molecule has 3 aliphatic heterocycles. The molecule has 3 heteroatoms. The third-order valence-electron chi connectivity index (χ3n) is 16.8. The van der Waals surface area contributed by atoms with Gasteiger partial charge in [0.2, 0.25) is 0 Å². The number of allylic oxidation sites excluding steroid dienone is 9. The van der Waals surface area contributed by atoms with Crippen molar-refractivity contribution in [3.05, 3.63) is 126 Å². The lowest BCUT2D eigenvalue weighted by Gasteiger charge is -2.73. The van der Waals surface area contributed by atoms with Crippen LogP contribution in [0.25, 0.3) is 11.1 Å². The molecule has 11 rings (SSSR count). The molecule has 4 fully saturated rings. The molecule has 12 unspecified atom stereocenters. The Bertz CT molecular complexity index is 1980. The highest BCUT2D eigenvalue weighted by Crippen LogP contribution is 2.77. The smallest absolute Gasteiger partial charge is 0.0545 e. The van der Waals surface area contributed by atoms with E-state index in [1.165, 1.54) is 94.6 Å². The van der Waals surface area contributed by atoms with Crippen molar-refractivity contribution >= 4 is 23.5 Å². The van der Waals surface area contributed by atoms with Crippen molar-refractivity contribution in [2.24, 2.45) is 35.0 Å². The van der Waals surface area contributed by atoms with Gasteiger partial charge in [-0.3, -0.25) is 0 Å². The molecule has 54 heavy (non-hydrogen) atoms. The second kappa shape index (κ2) is 13.2. The lowest BCUT2D eigenvalue weighted by atomic mass is 9.40. The minimum Gasteiger partial charge on any atom is -0.364 e. The largest absolute Gasteiger partial charge is 0.364 e. The summed E-state index contributed by atoms with van der Waals surface area (Å²) >= 11 is 4.80. The summed E-state index contributed by atoms with van der Waals surface area (Å²) in [7, 11) is 0. The molecule has 0 aromatic heterocycles. The van der Waals surface area contributed by atoms with Crippen LogP contribution in [0.1, 0.15) is 103 Å². The van der Waals surface area contributed by atoms with Crippen LogP contribution in [-0.4, -0.2) is 32.2 Å². The average Bonchev–Trinajstić information content (AvgIpc) is 3.56. The van der Waals surface area contributed by atoms with Crippen molar-refractivity contribution in [1.82, 2.24) is 4.90 Å². The van der Waals surface area contributed by atoms with Crippen molar-refractivity contribution in [3.8, 4) is 11.1 Å². The predicted molar refractivity (Wildman–Crippen MR) is 231 cm³/mol. The van der Waals surface area contributed by atoms with Gasteiger partial charge in [0.1, 0.15) is 0 Å². The highest BCUT2D eigenvalue weighted by atomic mass is 32.2. The lowest BCUT2D eigenvalue weighted by Crippen LogP contribution is -2.71. The second-order valence-electron chi connectivity index (χ2n) is 18.9. The van der Waals surface area contributed by atoms with Crippen LogP contribution < -0.4 is 0 Å². The summed E-state index contributed by atoms with van der Waals surface area (Å²) in [6, 6.07) is 20.3. The van der Waals surface area contributed by atoms with Crippen LogP contribution in [0, 0.1) is 35.0 Å². The Kier molecular flexibility index (Phi) is 8.48. The van der Waals surface area contributed by atoms with Gasteiger partial charge >= 0.3 is 0 Å². The number of hydrogen-bond donors (Lipinski definition) is 0.